The second-order valence-electron chi connectivity index (χ2n) is 6.86. The third-order valence-corrected chi connectivity index (χ3v) is 6.66. The second-order valence-corrected chi connectivity index (χ2v) is 8.80. The number of hydrogen-bond acceptors (Lipinski definition) is 5. The van der Waals surface area contributed by atoms with E-state index in [2.05, 4.69) is 5.32 Å². The summed E-state index contributed by atoms with van der Waals surface area (Å²) in [5, 5.41) is 2.61. The van der Waals surface area contributed by atoms with Gasteiger partial charge in [-0.1, -0.05) is 0 Å². The van der Waals surface area contributed by atoms with Gasteiger partial charge in [-0.25, -0.2) is 8.42 Å². The van der Waals surface area contributed by atoms with Crippen LogP contribution in [0, 0.1) is 0 Å². The summed E-state index contributed by atoms with van der Waals surface area (Å²) in [5.41, 5.74) is 1.08. The van der Waals surface area contributed by atoms with Crippen molar-refractivity contribution in [1.29, 1.82) is 0 Å². The molecule has 2 aromatic rings. The number of nitrogens with zero attached hydrogens (tertiary/aromatic N) is 2. The molecule has 9 heteroatoms. The van der Waals surface area contributed by atoms with Gasteiger partial charge in [0.2, 0.25) is 15.9 Å². The molecule has 0 radical (unpaired) electrons. The van der Waals surface area contributed by atoms with Crippen LogP contribution in [0.1, 0.15) is 24.2 Å². The molecule has 0 aliphatic carbocycles. The first-order chi connectivity index (χ1) is 14.3. The minimum absolute atomic E-state index is 0.130. The van der Waals surface area contributed by atoms with Crippen LogP contribution in [0.15, 0.2) is 53.4 Å². The van der Waals surface area contributed by atoms with Crippen molar-refractivity contribution in [3.63, 3.8) is 0 Å². The fourth-order valence-corrected chi connectivity index (χ4v) is 4.66. The highest BCUT2D eigenvalue weighted by Crippen LogP contribution is 2.21. The van der Waals surface area contributed by atoms with E-state index in [0.717, 1.165) is 0 Å². The van der Waals surface area contributed by atoms with Gasteiger partial charge in [-0.15, -0.1) is 0 Å². The Morgan fingerprint density at radius 3 is 2.10 bits per heavy atom. The SMILES string of the molecule is CCOc1ccc(C(=O)N2CCN(S(=O)(=O)c3ccc(NC(C)=O)cc3)CC2)cc1. The van der Waals surface area contributed by atoms with Crippen LogP contribution in [0.5, 0.6) is 5.75 Å². The van der Waals surface area contributed by atoms with E-state index >= 15 is 0 Å². The topological polar surface area (TPSA) is 96.0 Å². The van der Waals surface area contributed by atoms with Crippen LogP contribution >= 0.6 is 0 Å². The summed E-state index contributed by atoms with van der Waals surface area (Å²) in [6.45, 7) is 4.91. The van der Waals surface area contributed by atoms with E-state index in [1.807, 2.05) is 6.92 Å². The summed E-state index contributed by atoms with van der Waals surface area (Å²) in [6, 6.07) is 13.0. The van der Waals surface area contributed by atoms with Crippen molar-refractivity contribution < 1.29 is 22.7 Å². The molecule has 1 fully saturated rings. The molecule has 1 saturated heterocycles. The normalized spacial score (nSPS) is 14.9. The molecule has 1 heterocycles. The highest BCUT2D eigenvalue weighted by atomic mass is 32.2. The zero-order chi connectivity index (χ0) is 21.7. The molecule has 1 N–H and O–H groups in total. The summed E-state index contributed by atoms with van der Waals surface area (Å²) < 4.78 is 32.5. The fraction of sp³-hybridized carbons (Fsp3) is 0.333. The lowest BCUT2D eigenvalue weighted by atomic mass is 10.2. The van der Waals surface area contributed by atoms with Gasteiger partial charge in [-0.05, 0) is 55.5 Å². The van der Waals surface area contributed by atoms with E-state index in [0.29, 0.717) is 36.7 Å². The Labute approximate surface area is 176 Å². The maximum Gasteiger partial charge on any atom is 0.253 e. The minimum atomic E-state index is -3.67. The van der Waals surface area contributed by atoms with Gasteiger partial charge in [-0.2, -0.15) is 4.31 Å². The highest BCUT2D eigenvalue weighted by Gasteiger charge is 2.30. The van der Waals surface area contributed by atoms with Crippen LogP contribution in [-0.4, -0.2) is 62.2 Å². The fourth-order valence-electron chi connectivity index (χ4n) is 3.24. The molecule has 2 amide bonds. The van der Waals surface area contributed by atoms with E-state index in [1.54, 1.807) is 41.3 Å². The van der Waals surface area contributed by atoms with Gasteiger partial charge in [-0.3, -0.25) is 9.59 Å². The standard InChI is InChI=1S/C21H25N3O5S/c1-3-29-19-8-4-17(5-9-19)21(26)23-12-14-24(15-13-23)30(27,28)20-10-6-18(7-11-20)22-16(2)25/h4-11H,3,12-15H2,1-2H3,(H,22,25). The summed E-state index contributed by atoms with van der Waals surface area (Å²) in [7, 11) is -3.67. The highest BCUT2D eigenvalue weighted by molar-refractivity contribution is 7.89. The summed E-state index contributed by atoms with van der Waals surface area (Å²) in [6.07, 6.45) is 0. The third-order valence-electron chi connectivity index (χ3n) is 4.75. The first-order valence-corrected chi connectivity index (χ1v) is 11.1. The third kappa shape index (κ3) is 4.98. The van der Waals surface area contributed by atoms with Gasteiger partial charge in [0.05, 0.1) is 11.5 Å². The molecule has 1 aliphatic rings. The van der Waals surface area contributed by atoms with Crippen molar-refractivity contribution in [3.8, 4) is 5.75 Å². The maximum absolute atomic E-state index is 12.9. The number of amides is 2. The molecule has 2 aromatic carbocycles. The Hall–Kier alpha value is -2.91. The van der Waals surface area contributed by atoms with Gasteiger partial charge in [0.15, 0.2) is 0 Å². The number of piperazine rings is 1. The van der Waals surface area contributed by atoms with Gasteiger partial charge in [0, 0.05) is 44.4 Å². The summed E-state index contributed by atoms with van der Waals surface area (Å²) in [5.74, 6) is 0.350. The number of benzene rings is 2. The average molecular weight is 432 g/mol. The van der Waals surface area contributed by atoms with Crippen LogP contribution in [0.3, 0.4) is 0 Å². The maximum atomic E-state index is 12.9. The molecule has 8 nitrogen and oxygen atoms in total. The summed E-state index contributed by atoms with van der Waals surface area (Å²) >= 11 is 0. The average Bonchev–Trinajstić information content (AvgIpc) is 2.74. The Morgan fingerprint density at radius 1 is 0.967 bits per heavy atom. The molecular formula is C21H25N3O5S. The Kier molecular flexibility index (Phi) is 6.73. The molecule has 1 aliphatic heterocycles. The smallest absolute Gasteiger partial charge is 0.253 e. The van der Waals surface area contributed by atoms with E-state index in [-0.39, 0.29) is 29.8 Å². The van der Waals surface area contributed by atoms with E-state index in [9.17, 15) is 18.0 Å². The Balaban J connectivity index is 1.62. The van der Waals surface area contributed by atoms with Crippen molar-refractivity contribution in [2.45, 2.75) is 18.7 Å². The van der Waals surface area contributed by atoms with Crippen molar-refractivity contribution in [3.05, 3.63) is 54.1 Å². The largest absolute Gasteiger partial charge is 0.494 e. The number of ether oxygens (including phenoxy) is 1. The van der Waals surface area contributed by atoms with Crippen LogP contribution in [0.25, 0.3) is 0 Å². The predicted octanol–water partition coefficient (Wildman–Crippen LogP) is 2.19. The number of anilines is 1. The molecule has 0 unspecified atom stereocenters. The van der Waals surface area contributed by atoms with E-state index in [4.69, 9.17) is 4.74 Å². The van der Waals surface area contributed by atoms with Crippen molar-refractivity contribution in [2.24, 2.45) is 0 Å². The van der Waals surface area contributed by atoms with E-state index in [1.165, 1.54) is 23.4 Å². The lowest BCUT2D eigenvalue weighted by Gasteiger charge is -2.34. The van der Waals surface area contributed by atoms with Crippen LogP contribution < -0.4 is 10.1 Å². The first kappa shape index (κ1) is 21.8. The van der Waals surface area contributed by atoms with Crippen molar-refractivity contribution in [1.82, 2.24) is 9.21 Å². The zero-order valence-electron chi connectivity index (χ0n) is 17.0. The molecule has 0 atom stereocenters. The number of rotatable bonds is 6. The number of sulfonamides is 1. The number of hydrogen-bond donors (Lipinski definition) is 1. The Morgan fingerprint density at radius 2 is 1.57 bits per heavy atom. The van der Waals surface area contributed by atoms with Crippen molar-refractivity contribution >= 4 is 27.5 Å². The molecule has 160 valence electrons. The molecule has 0 saturated carbocycles. The predicted molar refractivity (Wildman–Crippen MR) is 113 cm³/mol. The number of nitrogens with one attached hydrogen (secondary N) is 1. The lowest BCUT2D eigenvalue weighted by Crippen LogP contribution is -2.50. The van der Waals surface area contributed by atoms with Crippen molar-refractivity contribution in [2.75, 3.05) is 38.1 Å². The van der Waals surface area contributed by atoms with Crippen LogP contribution in [0.4, 0.5) is 5.69 Å². The monoisotopic (exact) mass is 431 g/mol. The number of carbonyl (C=O) groups is 2. The molecule has 0 aromatic heterocycles. The van der Waals surface area contributed by atoms with Crippen LogP contribution in [-0.2, 0) is 14.8 Å². The van der Waals surface area contributed by atoms with Gasteiger partial charge in [0.25, 0.3) is 5.91 Å². The van der Waals surface area contributed by atoms with Gasteiger partial charge in [0.1, 0.15) is 5.75 Å². The minimum Gasteiger partial charge on any atom is -0.494 e. The molecule has 3 rings (SSSR count). The second kappa shape index (κ2) is 9.27. The molecular weight excluding hydrogens is 406 g/mol. The number of carbonyl (C=O) groups excluding carboxylic acids is 2. The van der Waals surface area contributed by atoms with Crippen LogP contribution in [0.2, 0.25) is 0 Å². The first-order valence-electron chi connectivity index (χ1n) is 9.71. The quantitative estimate of drug-likeness (QED) is 0.756. The van der Waals surface area contributed by atoms with E-state index < -0.39 is 10.0 Å². The van der Waals surface area contributed by atoms with Gasteiger partial charge < -0.3 is 15.0 Å². The Bertz CT molecular complexity index is 996. The molecule has 0 bridgehead atoms. The lowest BCUT2D eigenvalue weighted by molar-refractivity contribution is -0.114. The molecule has 30 heavy (non-hydrogen) atoms. The molecule has 0 spiro atoms. The zero-order valence-corrected chi connectivity index (χ0v) is 17.8. The van der Waals surface area contributed by atoms with Gasteiger partial charge >= 0.3 is 0 Å². The summed E-state index contributed by atoms with van der Waals surface area (Å²) in [4.78, 5) is 25.6.